The molecule has 0 aliphatic heterocycles. The smallest absolute Gasteiger partial charge is 0.263 e. The molecule has 0 fully saturated rings. The lowest BCUT2D eigenvalue weighted by Crippen LogP contribution is -2.27. The van der Waals surface area contributed by atoms with Crippen molar-refractivity contribution in [1.29, 1.82) is 0 Å². The van der Waals surface area contributed by atoms with E-state index in [1.165, 1.54) is 18.2 Å². The lowest BCUT2D eigenvalue weighted by atomic mass is 10.1. The Morgan fingerprint density at radius 3 is 2.26 bits per heavy atom. The summed E-state index contributed by atoms with van der Waals surface area (Å²) in [4.78, 5) is 12.6. The zero-order chi connectivity index (χ0) is 22.6. The largest absolute Gasteiger partial charge is 0.497 e. The van der Waals surface area contributed by atoms with Crippen molar-refractivity contribution in [2.75, 3.05) is 11.8 Å². The minimum absolute atomic E-state index is 0.0272. The van der Waals surface area contributed by atoms with E-state index >= 15 is 0 Å². The van der Waals surface area contributed by atoms with Crippen LogP contribution in [-0.2, 0) is 10.0 Å². The van der Waals surface area contributed by atoms with E-state index in [1.807, 2.05) is 38.1 Å². The van der Waals surface area contributed by atoms with Gasteiger partial charge in [0.15, 0.2) is 0 Å². The minimum Gasteiger partial charge on any atom is -0.497 e. The molecule has 1 amide bonds. The maximum absolute atomic E-state index is 12.8. The van der Waals surface area contributed by atoms with Gasteiger partial charge in [-0.15, -0.1) is 0 Å². The summed E-state index contributed by atoms with van der Waals surface area (Å²) in [6.45, 7) is 3.75. The molecule has 31 heavy (non-hydrogen) atoms. The topological polar surface area (TPSA) is 84.5 Å². The van der Waals surface area contributed by atoms with Crippen LogP contribution >= 0.6 is 11.6 Å². The van der Waals surface area contributed by atoms with E-state index in [9.17, 15) is 13.2 Å². The quantitative estimate of drug-likeness (QED) is 0.524. The molecule has 3 aromatic rings. The van der Waals surface area contributed by atoms with Gasteiger partial charge in [-0.2, -0.15) is 0 Å². The van der Waals surface area contributed by atoms with Crippen LogP contribution in [0.4, 0.5) is 5.69 Å². The number of anilines is 1. The summed E-state index contributed by atoms with van der Waals surface area (Å²) in [5, 5.41) is 2.89. The number of aryl methyl sites for hydroxylation is 1. The van der Waals surface area contributed by atoms with Crippen molar-refractivity contribution < 1.29 is 17.9 Å². The maximum atomic E-state index is 12.8. The summed E-state index contributed by atoms with van der Waals surface area (Å²) in [6.07, 6.45) is 0. The number of methoxy groups -OCH3 is 1. The van der Waals surface area contributed by atoms with Crippen LogP contribution < -0.4 is 14.8 Å². The molecule has 0 unspecified atom stereocenters. The Kier molecular flexibility index (Phi) is 6.87. The van der Waals surface area contributed by atoms with Gasteiger partial charge >= 0.3 is 0 Å². The molecule has 6 nitrogen and oxygen atoms in total. The molecule has 0 aliphatic carbocycles. The number of nitrogens with one attached hydrogen (secondary N) is 2. The summed E-state index contributed by atoms with van der Waals surface area (Å²) in [7, 11) is -2.39. The van der Waals surface area contributed by atoms with Gasteiger partial charge in [-0.3, -0.25) is 9.52 Å². The van der Waals surface area contributed by atoms with E-state index in [-0.39, 0.29) is 21.5 Å². The number of amides is 1. The predicted octanol–water partition coefficient (Wildman–Crippen LogP) is 4.95. The summed E-state index contributed by atoms with van der Waals surface area (Å²) in [5.74, 6) is 0.308. The number of hydrogen-bond donors (Lipinski definition) is 2. The Morgan fingerprint density at radius 2 is 1.65 bits per heavy atom. The van der Waals surface area contributed by atoms with Crippen molar-refractivity contribution in [1.82, 2.24) is 5.32 Å². The first-order chi connectivity index (χ1) is 14.7. The second-order valence-electron chi connectivity index (χ2n) is 7.09. The van der Waals surface area contributed by atoms with Crippen molar-refractivity contribution in [2.45, 2.75) is 24.8 Å². The van der Waals surface area contributed by atoms with Crippen LogP contribution in [0, 0.1) is 6.92 Å². The minimum atomic E-state index is -3.98. The van der Waals surface area contributed by atoms with Crippen molar-refractivity contribution in [3.8, 4) is 5.75 Å². The third-order valence-electron chi connectivity index (χ3n) is 4.75. The van der Waals surface area contributed by atoms with Crippen LogP contribution in [-0.4, -0.2) is 21.4 Å². The summed E-state index contributed by atoms with van der Waals surface area (Å²) in [5.41, 5.74) is 2.49. The van der Waals surface area contributed by atoms with Crippen LogP contribution in [0.5, 0.6) is 5.75 Å². The van der Waals surface area contributed by atoms with E-state index in [2.05, 4.69) is 10.0 Å². The number of carbonyl (C=O) groups is 1. The standard InChI is InChI=1S/C23H23ClN2O4S/c1-15-4-9-19(10-5-15)26-31(28,29)22-14-18(8-13-21(22)24)23(27)25-16(2)17-6-11-20(30-3)12-7-17/h4-14,16,26H,1-3H3,(H,25,27)/t16-/m0/s1. The van der Waals surface area contributed by atoms with E-state index < -0.39 is 15.9 Å². The zero-order valence-electron chi connectivity index (χ0n) is 17.3. The van der Waals surface area contributed by atoms with Crippen LogP contribution in [0.2, 0.25) is 5.02 Å². The number of ether oxygens (including phenoxy) is 1. The highest BCUT2D eigenvalue weighted by Gasteiger charge is 2.21. The third kappa shape index (κ3) is 5.57. The van der Waals surface area contributed by atoms with Crippen LogP contribution in [0.15, 0.2) is 71.6 Å². The predicted molar refractivity (Wildman–Crippen MR) is 122 cm³/mol. The van der Waals surface area contributed by atoms with Crippen molar-refractivity contribution in [3.05, 3.63) is 88.4 Å². The molecule has 1 atom stereocenters. The summed E-state index contributed by atoms with van der Waals surface area (Å²) >= 11 is 6.14. The zero-order valence-corrected chi connectivity index (χ0v) is 18.9. The van der Waals surface area contributed by atoms with E-state index in [1.54, 1.807) is 31.4 Å². The average Bonchev–Trinajstić information content (AvgIpc) is 2.75. The van der Waals surface area contributed by atoms with Gasteiger partial charge in [-0.05, 0) is 61.9 Å². The number of halogens is 1. The molecule has 0 bridgehead atoms. The Balaban J connectivity index is 1.80. The molecule has 0 saturated heterocycles. The number of rotatable bonds is 7. The fourth-order valence-corrected chi connectivity index (χ4v) is 4.52. The first-order valence-electron chi connectivity index (χ1n) is 9.53. The Morgan fingerprint density at radius 1 is 1.00 bits per heavy atom. The lowest BCUT2D eigenvalue weighted by Gasteiger charge is -2.16. The molecular weight excluding hydrogens is 436 g/mol. The molecule has 162 valence electrons. The molecule has 0 spiro atoms. The van der Waals surface area contributed by atoms with Gasteiger partial charge in [0.05, 0.1) is 18.2 Å². The fourth-order valence-electron chi connectivity index (χ4n) is 2.94. The van der Waals surface area contributed by atoms with E-state index in [4.69, 9.17) is 16.3 Å². The fraction of sp³-hybridized carbons (Fsp3) is 0.174. The number of benzene rings is 3. The third-order valence-corrected chi connectivity index (χ3v) is 6.61. The van der Waals surface area contributed by atoms with Crippen molar-refractivity contribution in [2.24, 2.45) is 0 Å². The van der Waals surface area contributed by atoms with Gasteiger partial charge in [0, 0.05) is 11.3 Å². The van der Waals surface area contributed by atoms with Gasteiger partial charge in [-0.25, -0.2) is 8.42 Å². The molecule has 0 radical (unpaired) electrons. The van der Waals surface area contributed by atoms with Crippen LogP contribution in [0.25, 0.3) is 0 Å². The summed E-state index contributed by atoms with van der Waals surface area (Å²) < 4.78 is 33.3. The second kappa shape index (κ2) is 9.41. The van der Waals surface area contributed by atoms with Crippen molar-refractivity contribution >= 4 is 33.2 Å². The van der Waals surface area contributed by atoms with Gasteiger partial charge in [0.2, 0.25) is 0 Å². The summed E-state index contributed by atoms with van der Waals surface area (Å²) in [6, 6.07) is 18.1. The molecule has 8 heteroatoms. The highest BCUT2D eigenvalue weighted by atomic mass is 35.5. The molecule has 0 saturated carbocycles. The average molecular weight is 459 g/mol. The lowest BCUT2D eigenvalue weighted by molar-refractivity contribution is 0.0939. The number of sulfonamides is 1. The van der Waals surface area contributed by atoms with Gasteiger partial charge in [0.25, 0.3) is 15.9 Å². The number of hydrogen-bond acceptors (Lipinski definition) is 4. The first kappa shape index (κ1) is 22.7. The first-order valence-corrected chi connectivity index (χ1v) is 11.4. The van der Waals surface area contributed by atoms with E-state index in [0.717, 1.165) is 16.9 Å². The Bertz CT molecular complexity index is 1180. The molecule has 0 aromatic heterocycles. The second-order valence-corrected chi connectivity index (χ2v) is 9.14. The molecule has 0 aliphatic rings. The van der Waals surface area contributed by atoms with Gasteiger partial charge < -0.3 is 10.1 Å². The van der Waals surface area contributed by atoms with Gasteiger partial charge in [-0.1, -0.05) is 41.4 Å². The van der Waals surface area contributed by atoms with Crippen LogP contribution in [0.3, 0.4) is 0 Å². The molecular formula is C23H23ClN2O4S. The molecule has 3 aromatic carbocycles. The molecule has 0 heterocycles. The van der Waals surface area contributed by atoms with Crippen molar-refractivity contribution in [3.63, 3.8) is 0 Å². The van der Waals surface area contributed by atoms with E-state index in [0.29, 0.717) is 5.69 Å². The Hall–Kier alpha value is -3.03. The normalized spacial score (nSPS) is 12.1. The Labute approximate surface area is 187 Å². The van der Waals surface area contributed by atoms with Crippen LogP contribution in [0.1, 0.15) is 34.5 Å². The highest BCUT2D eigenvalue weighted by Crippen LogP contribution is 2.26. The molecule has 3 rings (SSSR count). The SMILES string of the molecule is COc1ccc([C@H](C)NC(=O)c2ccc(Cl)c(S(=O)(=O)Nc3ccc(C)cc3)c2)cc1. The van der Waals surface area contributed by atoms with Gasteiger partial charge in [0.1, 0.15) is 10.6 Å². The maximum Gasteiger partial charge on any atom is 0.263 e. The number of carbonyl (C=O) groups excluding carboxylic acids is 1. The molecule has 2 N–H and O–H groups in total. The monoisotopic (exact) mass is 458 g/mol. The highest BCUT2D eigenvalue weighted by molar-refractivity contribution is 7.92.